The lowest BCUT2D eigenvalue weighted by Gasteiger charge is -2.24. The molecule has 3 N–H and O–H groups in total. The van der Waals surface area contributed by atoms with Gasteiger partial charge in [-0.3, -0.25) is 14.4 Å². The van der Waals surface area contributed by atoms with E-state index < -0.39 is 23.9 Å². The van der Waals surface area contributed by atoms with Crippen LogP contribution in [0.3, 0.4) is 0 Å². The molecule has 2 amide bonds. The highest BCUT2D eigenvalue weighted by Crippen LogP contribution is 2.20. The third kappa shape index (κ3) is 11.4. The van der Waals surface area contributed by atoms with E-state index in [1.807, 2.05) is 91.0 Å². The number of ether oxygens (including phenoxy) is 1. The molecule has 0 bridgehead atoms. The number of esters is 1. The summed E-state index contributed by atoms with van der Waals surface area (Å²) in [5.41, 5.74) is 2.79. The monoisotopic (exact) mass is 582 g/mol. The molecule has 0 aliphatic carbocycles. The van der Waals surface area contributed by atoms with Crippen molar-refractivity contribution in [2.45, 2.75) is 44.2 Å². The highest BCUT2D eigenvalue weighted by molar-refractivity contribution is 5.86. The van der Waals surface area contributed by atoms with E-state index in [1.165, 1.54) is 0 Å². The Balaban J connectivity index is 1.65. The molecule has 7 nitrogen and oxygen atoms in total. The number of amides is 2. The average molecular weight is 583 g/mol. The number of rotatable bonds is 18. The minimum absolute atomic E-state index is 0.0618. The Hall–Kier alpha value is -4.49. The summed E-state index contributed by atoms with van der Waals surface area (Å²) in [6.45, 7) is 7.27. The fraction of sp³-hybridized carbons (Fsp3) is 0.306. The minimum atomic E-state index is -0.693. The summed E-state index contributed by atoms with van der Waals surface area (Å²) in [5.74, 6) is -2.15. The van der Waals surface area contributed by atoms with E-state index >= 15 is 0 Å². The van der Waals surface area contributed by atoms with E-state index in [2.05, 4.69) is 23.8 Å². The van der Waals surface area contributed by atoms with E-state index in [0.29, 0.717) is 19.3 Å². The van der Waals surface area contributed by atoms with Gasteiger partial charge in [-0.15, -0.1) is 13.2 Å². The molecule has 4 atom stereocenters. The number of benzene rings is 3. The van der Waals surface area contributed by atoms with E-state index in [4.69, 9.17) is 4.74 Å². The molecule has 0 radical (unpaired) electrons. The number of hydrogen-bond donors (Lipinski definition) is 3. The van der Waals surface area contributed by atoms with E-state index in [-0.39, 0.29) is 43.8 Å². The van der Waals surface area contributed by atoms with Gasteiger partial charge in [-0.25, -0.2) is 0 Å². The van der Waals surface area contributed by atoms with Crippen LogP contribution in [0.5, 0.6) is 0 Å². The highest BCUT2D eigenvalue weighted by Gasteiger charge is 2.27. The number of carbonyl (C=O) groups is 3. The van der Waals surface area contributed by atoms with Crippen molar-refractivity contribution in [1.82, 2.24) is 10.6 Å². The normalized spacial score (nSPS) is 13.5. The highest BCUT2D eigenvalue weighted by atomic mass is 16.5. The molecule has 0 spiro atoms. The Labute approximate surface area is 254 Å². The summed E-state index contributed by atoms with van der Waals surface area (Å²) < 4.78 is 5.76. The molecule has 226 valence electrons. The van der Waals surface area contributed by atoms with Crippen molar-refractivity contribution in [3.05, 3.63) is 133 Å². The van der Waals surface area contributed by atoms with Gasteiger partial charge in [-0.1, -0.05) is 103 Å². The van der Waals surface area contributed by atoms with Crippen LogP contribution in [0.15, 0.2) is 116 Å². The third-order valence-corrected chi connectivity index (χ3v) is 7.18. The standard InChI is InChI=1S/C36H42N2O5/c1-3-14-30(24-34(40)37-32(25-39)23-28-18-10-6-11-19-28)35(41)38-33(29-20-12-7-13-21-29)26-43-36(42)31(15-4-2)22-27-16-8-5-9-17-27/h3-13,16-21,30-33,39H,1-2,14-15,22-26H2,(H,37,40)(H,38,41)/t30-,31+,32-,33-/m1/s1. The molecule has 0 aliphatic heterocycles. The molecule has 43 heavy (non-hydrogen) atoms. The first-order valence-corrected chi connectivity index (χ1v) is 14.6. The first-order chi connectivity index (χ1) is 20.9. The zero-order valence-electron chi connectivity index (χ0n) is 24.6. The molecular weight excluding hydrogens is 540 g/mol. The summed E-state index contributed by atoms with van der Waals surface area (Å²) in [6, 6.07) is 27.5. The van der Waals surface area contributed by atoms with Crippen LogP contribution in [0.25, 0.3) is 0 Å². The summed E-state index contributed by atoms with van der Waals surface area (Å²) in [4.78, 5) is 39.5. The molecule has 7 heteroatoms. The predicted molar refractivity (Wildman–Crippen MR) is 169 cm³/mol. The maximum Gasteiger partial charge on any atom is 0.309 e. The molecule has 0 fully saturated rings. The van der Waals surface area contributed by atoms with Gasteiger partial charge in [0, 0.05) is 6.42 Å². The molecule has 0 unspecified atom stereocenters. The third-order valence-electron chi connectivity index (χ3n) is 7.18. The average Bonchev–Trinajstić information content (AvgIpc) is 3.03. The molecule has 0 heterocycles. The van der Waals surface area contributed by atoms with Crippen LogP contribution in [0, 0.1) is 11.8 Å². The second kappa shape index (κ2) is 18.1. The predicted octanol–water partition coefficient (Wildman–Crippen LogP) is 5.12. The first kappa shape index (κ1) is 33.0. The van der Waals surface area contributed by atoms with Crippen molar-refractivity contribution in [2.24, 2.45) is 11.8 Å². The number of aliphatic hydroxyl groups is 1. The van der Waals surface area contributed by atoms with Gasteiger partial charge in [0.1, 0.15) is 6.61 Å². The van der Waals surface area contributed by atoms with Gasteiger partial charge in [-0.05, 0) is 42.4 Å². The van der Waals surface area contributed by atoms with Gasteiger partial charge in [0.15, 0.2) is 0 Å². The quantitative estimate of drug-likeness (QED) is 0.143. The SMILES string of the molecule is C=CC[C@H](CC(=O)N[C@@H](CO)Cc1ccccc1)C(=O)N[C@H](COC(=O)[C@@H](CC=C)Cc1ccccc1)c1ccccc1. The molecular formula is C36H42N2O5. The molecule has 3 rings (SSSR count). The van der Waals surface area contributed by atoms with Gasteiger partial charge in [0.05, 0.1) is 30.5 Å². The van der Waals surface area contributed by atoms with Crippen LogP contribution >= 0.6 is 0 Å². The smallest absolute Gasteiger partial charge is 0.309 e. The van der Waals surface area contributed by atoms with Crippen LogP contribution in [-0.4, -0.2) is 42.1 Å². The van der Waals surface area contributed by atoms with Crippen molar-refractivity contribution in [1.29, 1.82) is 0 Å². The van der Waals surface area contributed by atoms with E-state index in [1.54, 1.807) is 12.2 Å². The summed E-state index contributed by atoms with van der Waals surface area (Å²) >= 11 is 0. The van der Waals surface area contributed by atoms with Crippen molar-refractivity contribution < 1.29 is 24.2 Å². The van der Waals surface area contributed by atoms with Crippen LogP contribution in [0.4, 0.5) is 0 Å². The Kier molecular flexibility index (Phi) is 13.9. The maximum absolute atomic E-state index is 13.5. The molecule has 0 saturated heterocycles. The molecule has 0 saturated carbocycles. The molecule has 3 aromatic rings. The summed E-state index contributed by atoms with van der Waals surface area (Å²) in [6.07, 6.45) is 4.96. The van der Waals surface area contributed by atoms with Crippen molar-refractivity contribution in [3.8, 4) is 0 Å². The zero-order chi connectivity index (χ0) is 30.9. The second-order valence-corrected chi connectivity index (χ2v) is 10.6. The van der Waals surface area contributed by atoms with Gasteiger partial charge in [0.25, 0.3) is 0 Å². The Morgan fingerprint density at radius 3 is 1.84 bits per heavy atom. The van der Waals surface area contributed by atoms with Crippen molar-refractivity contribution >= 4 is 17.8 Å². The summed E-state index contributed by atoms with van der Waals surface area (Å²) in [7, 11) is 0. The zero-order valence-corrected chi connectivity index (χ0v) is 24.6. The van der Waals surface area contributed by atoms with E-state index in [9.17, 15) is 19.5 Å². The van der Waals surface area contributed by atoms with Crippen LogP contribution in [-0.2, 0) is 32.0 Å². The molecule has 3 aromatic carbocycles. The fourth-order valence-corrected chi connectivity index (χ4v) is 4.90. The number of hydrogen-bond acceptors (Lipinski definition) is 5. The minimum Gasteiger partial charge on any atom is -0.463 e. The topological polar surface area (TPSA) is 105 Å². The second-order valence-electron chi connectivity index (χ2n) is 10.6. The van der Waals surface area contributed by atoms with Gasteiger partial charge >= 0.3 is 5.97 Å². The van der Waals surface area contributed by atoms with E-state index in [0.717, 1.165) is 16.7 Å². The van der Waals surface area contributed by atoms with Gasteiger partial charge in [-0.2, -0.15) is 0 Å². The number of nitrogens with one attached hydrogen (secondary N) is 2. The molecule has 0 aromatic heterocycles. The maximum atomic E-state index is 13.5. The summed E-state index contributed by atoms with van der Waals surface area (Å²) in [5, 5.41) is 15.7. The van der Waals surface area contributed by atoms with Crippen molar-refractivity contribution in [2.75, 3.05) is 13.2 Å². The lowest BCUT2D eigenvalue weighted by molar-refractivity contribution is -0.150. The lowest BCUT2D eigenvalue weighted by Crippen LogP contribution is -2.42. The van der Waals surface area contributed by atoms with Gasteiger partial charge in [0.2, 0.25) is 11.8 Å². The van der Waals surface area contributed by atoms with Gasteiger partial charge < -0.3 is 20.5 Å². The lowest BCUT2D eigenvalue weighted by atomic mass is 9.96. The molecule has 0 aliphatic rings. The fourth-order valence-electron chi connectivity index (χ4n) is 4.90. The van der Waals surface area contributed by atoms with Crippen molar-refractivity contribution in [3.63, 3.8) is 0 Å². The largest absolute Gasteiger partial charge is 0.463 e. The van der Waals surface area contributed by atoms with Crippen LogP contribution < -0.4 is 10.6 Å². The van der Waals surface area contributed by atoms with Crippen LogP contribution in [0.1, 0.15) is 42.0 Å². The number of aliphatic hydroxyl groups excluding tert-OH is 1. The Morgan fingerprint density at radius 2 is 1.28 bits per heavy atom. The Morgan fingerprint density at radius 1 is 0.744 bits per heavy atom. The first-order valence-electron chi connectivity index (χ1n) is 14.6. The number of allylic oxidation sites excluding steroid dienone is 2. The number of carbonyl (C=O) groups excluding carboxylic acids is 3. The van der Waals surface area contributed by atoms with Crippen LogP contribution in [0.2, 0.25) is 0 Å². The Bertz CT molecular complexity index is 1300.